The number of carboxylic acids is 3. The first-order valence-corrected chi connectivity index (χ1v) is 13.9. The van der Waals surface area contributed by atoms with Gasteiger partial charge in [-0.25, -0.2) is 14.4 Å². The van der Waals surface area contributed by atoms with Crippen LogP contribution in [-0.4, -0.2) is 62.4 Å². The highest BCUT2D eigenvalue weighted by Gasteiger charge is 2.55. The summed E-state index contributed by atoms with van der Waals surface area (Å²) in [6.45, 7) is 7.58. The van der Waals surface area contributed by atoms with Crippen LogP contribution in [0.25, 0.3) is 0 Å². The number of allylic oxidation sites excluding steroid dienone is 2. The summed E-state index contributed by atoms with van der Waals surface area (Å²) in [4.78, 5) is 36.6. The van der Waals surface area contributed by atoms with E-state index in [9.17, 15) is 29.7 Å². The lowest BCUT2D eigenvalue weighted by Crippen LogP contribution is -2.72. The van der Waals surface area contributed by atoms with Gasteiger partial charge in [0.15, 0.2) is 18.1 Å². The lowest BCUT2D eigenvalue weighted by atomic mass is 9.93. The van der Waals surface area contributed by atoms with Crippen molar-refractivity contribution >= 4 is 17.9 Å². The van der Waals surface area contributed by atoms with Crippen molar-refractivity contribution in [2.75, 3.05) is 6.54 Å². The van der Waals surface area contributed by atoms with Crippen LogP contribution < -0.4 is 0 Å². The third-order valence-corrected chi connectivity index (χ3v) is 7.31. The average Bonchev–Trinajstić information content (AvgIpc) is 2.79. The number of aliphatic carboxylic acids is 3. The predicted octanol–water partition coefficient (Wildman–Crippen LogP) is 6.65. The Labute approximate surface area is 213 Å². The molecule has 3 unspecified atom stereocenters. The van der Waals surface area contributed by atoms with Crippen molar-refractivity contribution in [3.8, 4) is 0 Å². The Morgan fingerprint density at radius 1 is 0.571 bits per heavy atom. The number of carboxylic acid groups (broad SMARTS) is 3. The Morgan fingerprint density at radius 2 is 0.914 bits per heavy atom. The van der Waals surface area contributed by atoms with E-state index in [2.05, 4.69) is 19.1 Å². The zero-order chi connectivity index (χ0) is 26.7. The molecular weight excluding hydrogens is 446 g/mol. The largest absolute Gasteiger partial charge is 0.477 e. The van der Waals surface area contributed by atoms with E-state index in [0.717, 1.165) is 32.1 Å². The number of rotatable bonds is 23. The average molecular weight is 499 g/mol. The van der Waals surface area contributed by atoms with Gasteiger partial charge in [-0.05, 0) is 38.5 Å². The van der Waals surface area contributed by atoms with Crippen LogP contribution in [0.15, 0.2) is 12.2 Å². The minimum Gasteiger partial charge on any atom is -0.477 e. The number of unbranched alkanes of at least 4 members (excludes halogenated alkanes) is 10. The maximum absolute atomic E-state index is 12.2. The van der Waals surface area contributed by atoms with Gasteiger partial charge in [-0.3, -0.25) is 4.48 Å². The molecule has 0 aliphatic carbocycles. The topological polar surface area (TPSA) is 112 Å². The van der Waals surface area contributed by atoms with Crippen molar-refractivity contribution in [1.82, 2.24) is 0 Å². The minimum absolute atomic E-state index is 0.190. The first-order chi connectivity index (χ1) is 16.7. The summed E-state index contributed by atoms with van der Waals surface area (Å²) >= 11 is 0. The molecule has 0 aromatic heterocycles. The van der Waals surface area contributed by atoms with Gasteiger partial charge in [-0.2, -0.15) is 0 Å². The molecule has 0 spiro atoms. The van der Waals surface area contributed by atoms with Crippen LogP contribution in [0, 0.1) is 0 Å². The molecule has 0 aromatic rings. The monoisotopic (exact) mass is 498 g/mol. The fourth-order valence-corrected chi connectivity index (χ4v) is 5.56. The molecule has 0 aliphatic heterocycles. The lowest BCUT2D eigenvalue weighted by molar-refractivity contribution is -0.973. The van der Waals surface area contributed by atoms with Crippen LogP contribution in [0.2, 0.25) is 0 Å². The molecule has 0 aromatic carbocycles. The second-order valence-corrected chi connectivity index (χ2v) is 9.74. The normalized spacial score (nSPS) is 16.0. The van der Waals surface area contributed by atoms with E-state index in [1.807, 2.05) is 0 Å². The second kappa shape index (κ2) is 19.3. The fraction of sp³-hybridized carbons (Fsp3) is 0.821. The van der Waals surface area contributed by atoms with Crippen molar-refractivity contribution in [1.29, 1.82) is 0 Å². The quantitative estimate of drug-likeness (QED) is 0.0826. The Morgan fingerprint density at radius 3 is 1.26 bits per heavy atom. The van der Waals surface area contributed by atoms with Gasteiger partial charge in [0.1, 0.15) is 0 Å². The van der Waals surface area contributed by atoms with E-state index < -0.39 is 40.5 Å². The molecule has 7 nitrogen and oxygen atoms in total. The molecule has 0 saturated carbocycles. The highest BCUT2D eigenvalue weighted by molar-refractivity contribution is 5.78. The Hall–Kier alpha value is -1.89. The van der Waals surface area contributed by atoms with Gasteiger partial charge in [-0.15, -0.1) is 0 Å². The van der Waals surface area contributed by atoms with Gasteiger partial charge in [0.2, 0.25) is 0 Å². The molecule has 3 N–H and O–H groups in total. The van der Waals surface area contributed by atoms with Gasteiger partial charge < -0.3 is 15.3 Å². The molecule has 0 heterocycles. The summed E-state index contributed by atoms with van der Waals surface area (Å²) < 4.78 is -0.409. The van der Waals surface area contributed by atoms with Gasteiger partial charge >= 0.3 is 17.9 Å². The molecule has 0 fully saturated rings. The zero-order valence-corrected chi connectivity index (χ0v) is 22.7. The summed E-state index contributed by atoms with van der Waals surface area (Å²) in [5.41, 5.74) is 0. The number of quaternary nitrogens is 1. The number of nitrogens with zero attached hydrogens (tertiary/aromatic N) is 1. The van der Waals surface area contributed by atoms with Crippen molar-refractivity contribution in [3.05, 3.63) is 12.2 Å². The van der Waals surface area contributed by atoms with E-state index in [1.165, 1.54) is 38.5 Å². The number of hydrogen-bond donors (Lipinski definition) is 3. The number of carbonyl (C=O) groups is 3. The molecule has 3 atom stereocenters. The van der Waals surface area contributed by atoms with Gasteiger partial charge in [0.25, 0.3) is 0 Å². The summed E-state index contributed by atoms with van der Waals surface area (Å²) in [5, 5.41) is 29.9. The predicted molar refractivity (Wildman–Crippen MR) is 140 cm³/mol. The van der Waals surface area contributed by atoms with Crippen molar-refractivity contribution < 1.29 is 34.2 Å². The van der Waals surface area contributed by atoms with Crippen LogP contribution in [0.4, 0.5) is 0 Å². The van der Waals surface area contributed by atoms with E-state index in [1.54, 1.807) is 20.8 Å². The van der Waals surface area contributed by atoms with Crippen LogP contribution >= 0.6 is 0 Å². The standard InChI is InChI=1S/C28H51NO6/c1-5-9-10-11-12-13-14-15-16-17-18-19-20-21-22-29(23(6-2)26(30)31,24(7-3)27(32)33)25(8-4)28(34)35/h12-13,23-25H,5-11,14-22H2,1-4H3,(H2-,30,31,32,33,34,35)/p+1/b13-12+. The second-order valence-electron chi connectivity index (χ2n) is 9.74. The zero-order valence-electron chi connectivity index (χ0n) is 22.7. The van der Waals surface area contributed by atoms with E-state index in [0.29, 0.717) is 6.42 Å². The summed E-state index contributed by atoms with van der Waals surface area (Å²) in [5.74, 6) is -3.36. The molecule has 204 valence electrons. The van der Waals surface area contributed by atoms with E-state index in [-0.39, 0.29) is 25.8 Å². The third-order valence-electron chi connectivity index (χ3n) is 7.31. The third kappa shape index (κ3) is 11.1. The van der Waals surface area contributed by atoms with Crippen LogP contribution in [0.3, 0.4) is 0 Å². The molecule has 0 rings (SSSR count). The molecule has 35 heavy (non-hydrogen) atoms. The minimum atomic E-state index is -1.12. The van der Waals surface area contributed by atoms with Gasteiger partial charge in [0, 0.05) is 19.3 Å². The molecule has 0 amide bonds. The van der Waals surface area contributed by atoms with Crippen molar-refractivity contribution in [3.63, 3.8) is 0 Å². The smallest absolute Gasteiger partial charge is 0.362 e. The summed E-state index contributed by atoms with van der Waals surface area (Å²) in [6, 6.07) is -3.19. The van der Waals surface area contributed by atoms with E-state index in [4.69, 9.17) is 0 Å². The number of hydrogen-bond acceptors (Lipinski definition) is 3. The van der Waals surface area contributed by atoms with Crippen LogP contribution in [0.1, 0.15) is 124 Å². The highest BCUT2D eigenvalue weighted by atomic mass is 16.4. The van der Waals surface area contributed by atoms with Crippen molar-refractivity contribution in [2.45, 2.75) is 142 Å². The van der Waals surface area contributed by atoms with Crippen molar-refractivity contribution in [2.24, 2.45) is 0 Å². The fourth-order valence-electron chi connectivity index (χ4n) is 5.56. The maximum Gasteiger partial charge on any atom is 0.362 e. The maximum atomic E-state index is 12.2. The SMILES string of the molecule is CCCCC/C=C/CCCCCCCCC[N+](C(CC)C(=O)O)(C(CC)C(=O)O)C(CC)C(=O)O. The molecule has 0 aliphatic rings. The van der Waals surface area contributed by atoms with Gasteiger partial charge in [-0.1, -0.05) is 78.4 Å². The molecular formula is C28H52NO6+. The van der Waals surface area contributed by atoms with E-state index >= 15 is 0 Å². The summed E-state index contributed by atoms with van der Waals surface area (Å²) in [6.07, 6.45) is 18.4. The Kier molecular flexibility index (Phi) is 18.3. The lowest BCUT2D eigenvalue weighted by Gasteiger charge is -2.49. The molecule has 0 radical (unpaired) electrons. The first kappa shape index (κ1) is 33.1. The van der Waals surface area contributed by atoms with Crippen LogP contribution in [-0.2, 0) is 14.4 Å². The molecule has 0 saturated heterocycles. The summed E-state index contributed by atoms with van der Waals surface area (Å²) in [7, 11) is 0. The molecule has 0 bridgehead atoms. The van der Waals surface area contributed by atoms with Gasteiger partial charge in [0.05, 0.1) is 6.54 Å². The van der Waals surface area contributed by atoms with Crippen LogP contribution in [0.5, 0.6) is 0 Å². The highest BCUT2D eigenvalue weighted by Crippen LogP contribution is 2.32. The Bertz CT molecular complexity index is 578. The first-order valence-electron chi connectivity index (χ1n) is 13.9. The molecule has 7 heteroatoms. The Balaban J connectivity index is 4.98.